The Kier molecular flexibility index (Phi) is 7.01. The fourth-order valence-electron chi connectivity index (χ4n) is 3.24. The van der Waals surface area contributed by atoms with E-state index in [1.165, 1.54) is 13.1 Å². The van der Waals surface area contributed by atoms with Gasteiger partial charge in [-0.05, 0) is 39.5 Å². The summed E-state index contributed by atoms with van der Waals surface area (Å²) in [4.78, 5) is 19.3. The first-order valence-corrected chi connectivity index (χ1v) is 10.4. The van der Waals surface area contributed by atoms with E-state index in [9.17, 15) is 9.18 Å². The first-order chi connectivity index (χ1) is 13.5. The van der Waals surface area contributed by atoms with E-state index in [1.807, 2.05) is 13.8 Å². The molecule has 0 unspecified atom stereocenters. The third-order valence-electron chi connectivity index (χ3n) is 4.52. The maximum Gasteiger partial charge on any atom is 0.274 e. The van der Waals surface area contributed by atoms with Crippen molar-refractivity contribution in [2.75, 3.05) is 13.2 Å². The molecule has 1 N–H and O–H groups in total. The Morgan fingerprint density at radius 3 is 2.75 bits per heavy atom. The van der Waals surface area contributed by atoms with Crippen LogP contribution in [0.1, 0.15) is 46.5 Å². The van der Waals surface area contributed by atoms with Crippen LogP contribution in [0.5, 0.6) is 11.1 Å². The van der Waals surface area contributed by atoms with Crippen LogP contribution in [0.2, 0.25) is 0 Å². The smallest absolute Gasteiger partial charge is 0.274 e. The maximum absolute atomic E-state index is 14.7. The van der Waals surface area contributed by atoms with Crippen molar-refractivity contribution < 1.29 is 23.4 Å². The van der Waals surface area contributed by atoms with Gasteiger partial charge in [-0.1, -0.05) is 11.3 Å². The Balaban J connectivity index is 1.52. The van der Waals surface area contributed by atoms with Crippen molar-refractivity contribution >= 4 is 27.5 Å². The van der Waals surface area contributed by atoms with Crippen LogP contribution in [0.25, 0.3) is 10.2 Å². The molecule has 9 heteroatoms. The van der Waals surface area contributed by atoms with Gasteiger partial charge in [-0.2, -0.15) is 4.39 Å². The predicted octanol–water partition coefficient (Wildman–Crippen LogP) is 3.46. The molecule has 7 nitrogen and oxygen atoms in total. The van der Waals surface area contributed by atoms with Gasteiger partial charge in [0.15, 0.2) is 0 Å². The van der Waals surface area contributed by atoms with Gasteiger partial charge in [-0.3, -0.25) is 4.79 Å². The van der Waals surface area contributed by atoms with Crippen molar-refractivity contribution in [3.05, 3.63) is 12.0 Å². The van der Waals surface area contributed by atoms with Gasteiger partial charge in [0.2, 0.25) is 11.7 Å². The normalized spacial score (nSPS) is 20.7. The number of ether oxygens (including phenoxy) is 3. The molecule has 1 atom stereocenters. The van der Waals surface area contributed by atoms with E-state index in [1.54, 1.807) is 0 Å². The summed E-state index contributed by atoms with van der Waals surface area (Å²) in [5.74, 6) is -0.527. The molecule has 0 spiro atoms. The second-order valence-electron chi connectivity index (χ2n) is 6.96. The number of carbonyl (C=O) groups excluding carboxylic acids is 1. The Bertz CT molecular complexity index is 808. The Hall–Kier alpha value is -2.00. The highest BCUT2D eigenvalue weighted by Gasteiger charge is 2.25. The maximum atomic E-state index is 14.7. The standard InChI is InChI=1S/C19H26FN3O4S/c1-4-25-19-23-15-9-21-18(16(20)17(15)28-19)27-14-7-5-13(6-8-14)26-10-11(2)22-12(3)24/h9,11,13-14H,4-8,10H2,1-3H3,(H,22,24)/t11-,13?,14?/m0/s1. The molecule has 2 heterocycles. The third-order valence-corrected chi connectivity index (χ3v) is 5.50. The number of nitrogens with one attached hydrogen (secondary N) is 1. The molecule has 0 aromatic carbocycles. The van der Waals surface area contributed by atoms with Crippen LogP contribution in [0.3, 0.4) is 0 Å². The summed E-state index contributed by atoms with van der Waals surface area (Å²) in [6, 6.07) is -0.0162. The predicted molar refractivity (Wildman–Crippen MR) is 104 cm³/mol. The van der Waals surface area contributed by atoms with Crippen molar-refractivity contribution in [1.82, 2.24) is 15.3 Å². The highest BCUT2D eigenvalue weighted by Crippen LogP contribution is 2.34. The summed E-state index contributed by atoms with van der Waals surface area (Å²) in [6.07, 6.45) is 4.76. The summed E-state index contributed by atoms with van der Waals surface area (Å²) in [5, 5.41) is 3.23. The van der Waals surface area contributed by atoms with E-state index in [4.69, 9.17) is 14.2 Å². The quantitative estimate of drug-likeness (QED) is 0.716. The van der Waals surface area contributed by atoms with Crippen LogP contribution < -0.4 is 14.8 Å². The second-order valence-corrected chi connectivity index (χ2v) is 7.92. The monoisotopic (exact) mass is 411 g/mol. The van der Waals surface area contributed by atoms with Crippen LogP contribution in [0, 0.1) is 5.82 Å². The van der Waals surface area contributed by atoms with Crippen molar-refractivity contribution in [2.45, 2.75) is 64.7 Å². The Morgan fingerprint density at radius 2 is 2.07 bits per heavy atom. The zero-order valence-electron chi connectivity index (χ0n) is 16.4. The van der Waals surface area contributed by atoms with E-state index < -0.39 is 5.82 Å². The lowest BCUT2D eigenvalue weighted by Gasteiger charge is -2.29. The lowest BCUT2D eigenvalue weighted by Crippen LogP contribution is -2.37. The minimum absolute atomic E-state index is 0.0162. The Morgan fingerprint density at radius 1 is 1.36 bits per heavy atom. The molecule has 1 amide bonds. The molecule has 3 rings (SSSR count). The molecule has 1 aliphatic rings. The fraction of sp³-hybridized carbons (Fsp3) is 0.632. The topological polar surface area (TPSA) is 82.6 Å². The van der Waals surface area contributed by atoms with Gasteiger partial charge in [0.25, 0.3) is 11.1 Å². The molecule has 0 bridgehead atoms. The number of amides is 1. The first kappa shape index (κ1) is 20.7. The molecule has 28 heavy (non-hydrogen) atoms. The van der Waals surface area contributed by atoms with Crippen molar-refractivity contribution in [3.8, 4) is 11.1 Å². The Labute approximate surface area is 167 Å². The van der Waals surface area contributed by atoms with Gasteiger partial charge in [0, 0.05) is 13.0 Å². The molecule has 0 radical (unpaired) electrons. The number of pyridine rings is 1. The molecule has 2 aromatic heterocycles. The number of aromatic nitrogens is 2. The van der Waals surface area contributed by atoms with E-state index in [0.29, 0.717) is 28.6 Å². The van der Waals surface area contributed by atoms with Crippen LogP contribution >= 0.6 is 11.3 Å². The number of nitrogens with zero attached hydrogens (tertiary/aromatic N) is 2. The zero-order valence-corrected chi connectivity index (χ0v) is 17.2. The number of fused-ring (bicyclic) bond motifs is 1. The van der Waals surface area contributed by atoms with Crippen LogP contribution in [-0.4, -0.2) is 47.3 Å². The summed E-state index contributed by atoms with van der Waals surface area (Å²) in [5.41, 5.74) is 0.476. The van der Waals surface area contributed by atoms with Gasteiger partial charge < -0.3 is 19.5 Å². The van der Waals surface area contributed by atoms with E-state index >= 15 is 0 Å². The average Bonchev–Trinajstić information content (AvgIpc) is 3.07. The molecule has 1 saturated carbocycles. The summed E-state index contributed by atoms with van der Waals surface area (Å²) in [7, 11) is 0. The summed E-state index contributed by atoms with van der Waals surface area (Å²) >= 11 is 1.16. The molecule has 0 saturated heterocycles. The van der Waals surface area contributed by atoms with Gasteiger partial charge >= 0.3 is 0 Å². The lowest BCUT2D eigenvalue weighted by atomic mass is 9.95. The van der Waals surface area contributed by atoms with E-state index in [2.05, 4.69) is 15.3 Å². The second kappa shape index (κ2) is 9.47. The molecule has 154 valence electrons. The summed E-state index contributed by atoms with van der Waals surface area (Å²) in [6.45, 7) is 6.23. The van der Waals surface area contributed by atoms with Gasteiger partial charge in [-0.25, -0.2) is 9.97 Å². The van der Waals surface area contributed by atoms with Crippen molar-refractivity contribution in [3.63, 3.8) is 0 Å². The number of hydrogen-bond donors (Lipinski definition) is 1. The molecular weight excluding hydrogens is 385 g/mol. The number of hydrogen-bond acceptors (Lipinski definition) is 7. The van der Waals surface area contributed by atoms with E-state index in [0.717, 1.165) is 37.0 Å². The number of rotatable bonds is 8. The highest BCUT2D eigenvalue weighted by atomic mass is 32.1. The van der Waals surface area contributed by atoms with Crippen molar-refractivity contribution in [1.29, 1.82) is 0 Å². The number of carbonyl (C=O) groups is 1. The molecule has 0 aliphatic heterocycles. The van der Waals surface area contributed by atoms with Gasteiger partial charge in [0.05, 0.1) is 25.5 Å². The van der Waals surface area contributed by atoms with Crippen molar-refractivity contribution in [2.24, 2.45) is 0 Å². The average molecular weight is 411 g/mol. The highest BCUT2D eigenvalue weighted by molar-refractivity contribution is 7.20. The molecular formula is C19H26FN3O4S. The SMILES string of the molecule is CCOc1nc2cnc(OC3CCC(OC[C@H](C)NC(C)=O)CC3)c(F)c2s1. The van der Waals surface area contributed by atoms with E-state index in [-0.39, 0.29) is 30.0 Å². The molecule has 1 fully saturated rings. The molecule has 1 aliphatic carbocycles. The lowest BCUT2D eigenvalue weighted by molar-refractivity contribution is -0.120. The van der Waals surface area contributed by atoms with Gasteiger partial charge in [-0.15, -0.1) is 0 Å². The number of halogens is 1. The fourth-order valence-corrected chi connectivity index (χ4v) is 4.12. The largest absolute Gasteiger partial charge is 0.472 e. The van der Waals surface area contributed by atoms with Crippen LogP contribution in [0.4, 0.5) is 4.39 Å². The molecule has 2 aromatic rings. The van der Waals surface area contributed by atoms with Crippen LogP contribution in [-0.2, 0) is 9.53 Å². The minimum Gasteiger partial charge on any atom is -0.472 e. The number of thiazole rings is 1. The third kappa shape index (κ3) is 5.29. The summed E-state index contributed by atoms with van der Waals surface area (Å²) < 4.78 is 32.2. The van der Waals surface area contributed by atoms with Gasteiger partial charge in [0.1, 0.15) is 16.3 Å². The zero-order chi connectivity index (χ0) is 20.1. The first-order valence-electron chi connectivity index (χ1n) is 9.59. The minimum atomic E-state index is -0.483. The van der Waals surface area contributed by atoms with Crippen LogP contribution in [0.15, 0.2) is 6.20 Å².